The van der Waals surface area contributed by atoms with Crippen molar-refractivity contribution in [2.24, 2.45) is 4.99 Å². The molecule has 0 spiro atoms. The van der Waals surface area contributed by atoms with Crippen LogP contribution >= 0.6 is 0 Å². The van der Waals surface area contributed by atoms with Gasteiger partial charge in [-0.2, -0.15) is 8.78 Å². The molecule has 1 aromatic heterocycles. The molecule has 9 heteroatoms. The Morgan fingerprint density at radius 1 is 1.29 bits per heavy atom. The Labute approximate surface area is 163 Å². The fraction of sp³-hybridized carbons (Fsp3) is 0.474. The van der Waals surface area contributed by atoms with Crippen LogP contribution in [-0.2, 0) is 13.1 Å². The summed E-state index contributed by atoms with van der Waals surface area (Å²) < 4.78 is 37.7. The fourth-order valence-corrected chi connectivity index (χ4v) is 2.57. The van der Waals surface area contributed by atoms with Crippen LogP contribution in [0, 0.1) is 0 Å². The smallest absolute Gasteiger partial charge is 0.387 e. The van der Waals surface area contributed by atoms with Gasteiger partial charge in [0.05, 0.1) is 19.5 Å². The van der Waals surface area contributed by atoms with Gasteiger partial charge in [0.1, 0.15) is 0 Å². The van der Waals surface area contributed by atoms with Gasteiger partial charge in [0.15, 0.2) is 17.5 Å². The van der Waals surface area contributed by atoms with Gasteiger partial charge >= 0.3 is 6.61 Å². The van der Waals surface area contributed by atoms with E-state index in [1.54, 1.807) is 37.6 Å². The standard InChI is InChI=1S/C19H27F2N5O2/c1-3-23-19(24-9-6-11-26-12-10-22-14-26)25-13-15-7-5-8-16(27-4-2)17(15)28-18(20)21/h5,7-8,10,12,14,18H,3-4,6,9,11,13H2,1-2H3,(H2,23,24,25). The number of aliphatic imine (C=N–C) groups is 1. The summed E-state index contributed by atoms with van der Waals surface area (Å²) in [5.41, 5.74) is 0.530. The third-order valence-corrected chi connectivity index (χ3v) is 3.76. The van der Waals surface area contributed by atoms with E-state index in [0.717, 1.165) is 13.0 Å². The van der Waals surface area contributed by atoms with E-state index in [9.17, 15) is 8.78 Å². The number of para-hydroxylation sites is 1. The predicted molar refractivity (Wildman–Crippen MR) is 104 cm³/mol. The van der Waals surface area contributed by atoms with Crippen molar-refractivity contribution in [1.82, 2.24) is 20.2 Å². The number of nitrogens with one attached hydrogen (secondary N) is 2. The molecule has 0 saturated heterocycles. The molecule has 1 aromatic carbocycles. The van der Waals surface area contributed by atoms with E-state index in [-0.39, 0.29) is 18.0 Å². The molecule has 2 aromatic rings. The molecule has 0 saturated carbocycles. The number of ether oxygens (including phenoxy) is 2. The molecule has 0 bridgehead atoms. The first-order chi connectivity index (χ1) is 13.6. The lowest BCUT2D eigenvalue weighted by Crippen LogP contribution is -2.38. The normalized spacial score (nSPS) is 11.5. The van der Waals surface area contributed by atoms with Gasteiger partial charge in [0.2, 0.25) is 0 Å². The van der Waals surface area contributed by atoms with E-state index in [1.807, 2.05) is 17.7 Å². The van der Waals surface area contributed by atoms with Crippen molar-refractivity contribution in [3.05, 3.63) is 42.5 Å². The van der Waals surface area contributed by atoms with Gasteiger partial charge < -0.3 is 24.7 Å². The van der Waals surface area contributed by atoms with Crippen LogP contribution in [0.5, 0.6) is 11.5 Å². The van der Waals surface area contributed by atoms with Crippen molar-refractivity contribution < 1.29 is 18.3 Å². The molecule has 7 nitrogen and oxygen atoms in total. The highest BCUT2D eigenvalue weighted by molar-refractivity contribution is 5.79. The zero-order valence-corrected chi connectivity index (χ0v) is 16.2. The van der Waals surface area contributed by atoms with Crippen LogP contribution in [0.1, 0.15) is 25.8 Å². The summed E-state index contributed by atoms with van der Waals surface area (Å²) in [7, 11) is 0. The van der Waals surface area contributed by atoms with Gasteiger partial charge in [0.25, 0.3) is 0 Å². The summed E-state index contributed by atoms with van der Waals surface area (Å²) >= 11 is 0. The van der Waals surface area contributed by atoms with Crippen molar-refractivity contribution in [3.63, 3.8) is 0 Å². The zero-order valence-electron chi connectivity index (χ0n) is 16.2. The van der Waals surface area contributed by atoms with Crippen LogP contribution in [0.15, 0.2) is 41.9 Å². The van der Waals surface area contributed by atoms with Gasteiger partial charge in [-0.15, -0.1) is 0 Å². The molecule has 1 heterocycles. The van der Waals surface area contributed by atoms with E-state index in [1.165, 1.54) is 0 Å². The number of halogens is 2. The minimum absolute atomic E-state index is 0.0269. The van der Waals surface area contributed by atoms with Crippen LogP contribution in [0.4, 0.5) is 8.78 Å². The molecule has 154 valence electrons. The largest absolute Gasteiger partial charge is 0.490 e. The minimum atomic E-state index is -2.93. The molecular formula is C19H27F2N5O2. The molecule has 0 fully saturated rings. The number of aromatic nitrogens is 2. The van der Waals surface area contributed by atoms with E-state index in [2.05, 4.69) is 25.3 Å². The lowest BCUT2D eigenvalue weighted by atomic mass is 10.2. The molecule has 2 rings (SSSR count). The number of imidazole rings is 1. The summed E-state index contributed by atoms with van der Waals surface area (Å²) in [6, 6.07) is 5.04. The highest BCUT2D eigenvalue weighted by Crippen LogP contribution is 2.33. The molecular weight excluding hydrogens is 368 g/mol. The lowest BCUT2D eigenvalue weighted by molar-refractivity contribution is -0.0520. The van der Waals surface area contributed by atoms with Crippen molar-refractivity contribution in [2.75, 3.05) is 19.7 Å². The Hall–Kier alpha value is -2.84. The third-order valence-electron chi connectivity index (χ3n) is 3.76. The second-order valence-electron chi connectivity index (χ2n) is 5.83. The average molecular weight is 395 g/mol. The SMILES string of the molecule is CCNC(=NCc1cccc(OCC)c1OC(F)F)NCCCn1ccnc1. The van der Waals surface area contributed by atoms with Gasteiger partial charge in [-0.1, -0.05) is 12.1 Å². The number of benzene rings is 1. The molecule has 0 radical (unpaired) electrons. The van der Waals surface area contributed by atoms with E-state index in [0.29, 0.717) is 31.2 Å². The number of alkyl halides is 2. The van der Waals surface area contributed by atoms with E-state index < -0.39 is 6.61 Å². The Morgan fingerprint density at radius 3 is 2.82 bits per heavy atom. The Bertz CT molecular complexity index is 723. The molecule has 0 aliphatic rings. The molecule has 0 aliphatic heterocycles. The first kappa shape index (κ1) is 21.5. The number of hydrogen-bond acceptors (Lipinski definition) is 4. The number of guanidine groups is 1. The first-order valence-electron chi connectivity index (χ1n) is 9.31. The summed E-state index contributed by atoms with van der Waals surface area (Å²) in [5.74, 6) is 0.922. The highest BCUT2D eigenvalue weighted by Gasteiger charge is 2.15. The van der Waals surface area contributed by atoms with Crippen molar-refractivity contribution in [3.8, 4) is 11.5 Å². The minimum Gasteiger partial charge on any atom is -0.490 e. The summed E-state index contributed by atoms with van der Waals surface area (Å²) in [6.45, 7) is 3.59. The molecule has 2 N–H and O–H groups in total. The topological polar surface area (TPSA) is 72.7 Å². The Kier molecular flexibility index (Phi) is 9.03. The maximum atomic E-state index is 12.8. The fourth-order valence-electron chi connectivity index (χ4n) is 2.57. The first-order valence-corrected chi connectivity index (χ1v) is 9.31. The summed E-state index contributed by atoms with van der Waals surface area (Å²) in [6.07, 6.45) is 6.32. The quantitative estimate of drug-likeness (QED) is 0.348. The number of rotatable bonds is 11. The van der Waals surface area contributed by atoms with Crippen LogP contribution < -0.4 is 20.1 Å². The van der Waals surface area contributed by atoms with Gasteiger partial charge in [-0.25, -0.2) is 9.98 Å². The van der Waals surface area contributed by atoms with Crippen LogP contribution in [0.2, 0.25) is 0 Å². The maximum Gasteiger partial charge on any atom is 0.387 e. The van der Waals surface area contributed by atoms with Crippen LogP contribution in [0.3, 0.4) is 0 Å². The predicted octanol–water partition coefficient (Wildman–Crippen LogP) is 3.03. The second kappa shape index (κ2) is 11.8. The molecule has 0 unspecified atom stereocenters. The molecule has 0 atom stereocenters. The van der Waals surface area contributed by atoms with Crippen molar-refractivity contribution in [1.29, 1.82) is 0 Å². The lowest BCUT2D eigenvalue weighted by Gasteiger charge is -2.15. The van der Waals surface area contributed by atoms with Gasteiger partial charge in [-0.05, 0) is 26.3 Å². The van der Waals surface area contributed by atoms with Crippen LogP contribution in [0.25, 0.3) is 0 Å². The number of nitrogens with zero attached hydrogens (tertiary/aromatic N) is 3. The van der Waals surface area contributed by atoms with E-state index >= 15 is 0 Å². The van der Waals surface area contributed by atoms with Crippen molar-refractivity contribution >= 4 is 5.96 Å². The zero-order chi connectivity index (χ0) is 20.2. The maximum absolute atomic E-state index is 12.8. The van der Waals surface area contributed by atoms with E-state index in [4.69, 9.17) is 4.74 Å². The molecule has 0 aliphatic carbocycles. The summed E-state index contributed by atoms with van der Waals surface area (Å²) in [4.78, 5) is 8.49. The monoisotopic (exact) mass is 395 g/mol. The third kappa shape index (κ3) is 7.05. The van der Waals surface area contributed by atoms with Gasteiger partial charge in [0, 0.05) is 37.6 Å². The summed E-state index contributed by atoms with van der Waals surface area (Å²) in [5, 5.41) is 6.38. The Balaban J connectivity index is 2.01. The highest BCUT2D eigenvalue weighted by atomic mass is 19.3. The second-order valence-corrected chi connectivity index (χ2v) is 5.83. The number of aryl methyl sites for hydroxylation is 1. The molecule has 28 heavy (non-hydrogen) atoms. The molecule has 0 amide bonds. The number of hydrogen-bond donors (Lipinski definition) is 2. The average Bonchev–Trinajstić information content (AvgIpc) is 3.18. The Morgan fingerprint density at radius 2 is 2.14 bits per heavy atom. The van der Waals surface area contributed by atoms with Crippen LogP contribution in [-0.4, -0.2) is 41.8 Å². The van der Waals surface area contributed by atoms with Crippen molar-refractivity contribution in [2.45, 2.75) is 40.0 Å². The van der Waals surface area contributed by atoms with Gasteiger partial charge in [-0.3, -0.25) is 0 Å².